The van der Waals surface area contributed by atoms with E-state index in [9.17, 15) is 0 Å². The third-order valence-corrected chi connectivity index (χ3v) is 1.59. The molecular formula is C10H18O. The van der Waals surface area contributed by atoms with Crippen LogP contribution in [0.4, 0.5) is 0 Å². The van der Waals surface area contributed by atoms with Crippen LogP contribution in [-0.4, -0.2) is 5.11 Å². The molecular weight excluding hydrogens is 136 g/mol. The molecule has 0 aromatic carbocycles. The molecule has 0 aromatic heterocycles. The Kier molecular flexibility index (Phi) is 5.63. The number of aliphatic hydroxyl groups is 1. The minimum Gasteiger partial charge on any atom is -0.516 e. The van der Waals surface area contributed by atoms with E-state index in [4.69, 9.17) is 5.11 Å². The van der Waals surface area contributed by atoms with E-state index in [0.717, 1.165) is 19.1 Å². The highest BCUT2D eigenvalue weighted by Gasteiger charge is 1.93. The van der Waals surface area contributed by atoms with Crippen LogP contribution in [-0.2, 0) is 0 Å². The number of hydrogen-bond acceptors (Lipinski definition) is 1. The number of rotatable bonds is 4. The monoisotopic (exact) mass is 154 g/mol. The van der Waals surface area contributed by atoms with Crippen LogP contribution in [0.5, 0.6) is 0 Å². The first-order chi connectivity index (χ1) is 5.16. The summed E-state index contributed by atoms with van der Waals surface area (Å²) in [4.78, 5) is 0. The zero-order valence-corrected chi connectivity index (χ0v) is 7.67. The zero-order chi connectivity index (χ0) is 8.69. The lowest BCUT2D eigenvalue weighted by Gasteiger charge is -2.01. The third-order valence-electron chi connectivity index (χ3n) is 1.59. The van der Waals surface area contributed by atoms with Crippen molar-refractivity contribution in [3.63, 3.8) is 0 Å². The second-order valence-corrected chi connectivity index (χ2v) is 3.18. The summed E-state index contributed by atoms with van der Waals surface area (Å²) in [6.07, 6.45) is 7.39. The largest absolute Gasteiger partial charge is 0.516 e. The summed E-state index contributed by atoms with van der Waals surface area (Å²) in [5, 5.41) is 8.45. The van der Waals surface area contributed by atoms with E-state index in [-0.39, 0.29) is 0 Å². The van der Waals surface area contributed by atoms with Crippen molar-refractivity contribution >= 4 is 0 Å². The third kappa shape index (κ3) is 7.17. The standard InChI is InChI=1S/C10H18O/c1-9(2)5-4-6-10(3)7-8-11/h5,7-8,10-11H,4,6H2,1-3H3/b8-7+/t10-/m0/s1. The van der Waals surface area contributed by atoms with Crippen molar-refractivity contribution in [1.82, 2.24) is 0 Å². The molecule has 0 saturated carbocycles. The van der Waals surface area contributed by atoms with Crippen molar-refractivity contribution in [2.24, 2.45) is 5.92 Å². The lowest BCUT2D eigenvalue weighted by atomic mass is 10.1. The molecule has 0 spiro atoms. The maximum Gasteiger partial charge on any atom is 0.0754 e. The van der Waals surface area contributed by atoms with E-state index in [0.29, 0.717) is 5.92 Å². The van der Waals surface area contributed by atoms with Crippen LogP contribution in [0.15, 0.2) is 24.0 Å². The van der Waals surface area contributed by atoms with Crippen LogP contribution in [0, 0.1) is 5.92 Å². The average molecular weight is 154 g/mol. The van der Waals surface area contributed by atoms with Gasteiger partial charge in [-0.1, -0.05) is 18.6 Å². The van der Waals surface area contributed by atoms with Crippen molar-refractivity contribution < 1.29 is 5.11 Å². The van der Waals surface area contributed by atoms with Crippen LogP contribution in [0.1, 0.15) is 33.6 Å². The van der Waals surface area contributed by atoms with Gasteiger partial charge in [-0.2, -0.15) is 0 Å². The lowest BCUT2D eigenvalue weighted by molar-refractivity contribution is 0.463. The molecule has 0 aromatic rings. The van der Waals surface area contributed by atoms with Gasteiger partial charge in [0, 0.05) is 0 Å². The fraction of sp³-hybridized carbons (Fsp3) is 0.600. The Balaban J connectivity index is 3.46. The minimum atomic E-state index is 0.482. The predicted octanol–water partition coefficient (Wildman–Crippen LogP) is 3.44. The Hall–Kier alpha value is -0.720. The summed E-state index contributed by atoms with van der Waals surface area (Å²) in [5.41, 5.74) is 1.37. The number of aliphatic hydroxyl groups excluding tert-OH is 1. The highest BCUT2D eigenvalue weighted by atomic mass is 16.2. The topological polar surface area (TPSA) is 20.2 Å². The molecule has 0 aliphatic carbocycles. The molecule has 0 bridgehead atoms. The van der Waals surface area contributed by atoms with Gasteiger partial charge in [-0.05, 0) is 38.7 Å². The molecule has 1 nitrogen and oxygen atoms in total. The lowest BCUT2D eigenvalue weighted by Crippen LogP contribution is -1.87. The van der Waals surface area contributed by atoms with Crippen LogP contribution in [0.25, 0.3) is 0 Å². The van der Waals surface area contributed by atoms with E-state index in [2.05, 4.69) is 26.8 Å². The Bertz CT molecular complexity index is 141. The summed E-state index contributed by atoms with van der Waals surface area (Å²) in [5.74, 6) is 0.482. The summed E-state index contributed by atoms with van der Waals surface area (Å²) in [6.45, 7) is 6.31. The molecule has 1 N–H and O–H groups in total. The molecule has 0 saturated heterocycles. The average Bonchev–Trinajstić information content (AvgIpc) is 1.87. The quantitative estimate of drug-likeness (QED) is 0.486. The Morgan fingerprint density at radius 2 is 2.09 bits per heavy atom. The maximum atomic E-state index is 8.45. The first-order valence-corrected chi connectivity index (χ1v) is 4.11. The van der Waals surface area contributed by atoms with Gasteiger partial charge in [-0.3, -0.25) is 0 Å². The second-order valence-electron chi connectivity index (χ2n) is 3.18. The van der Waals surface area contributed by atoms with Crippen LogP contribution in [0.3, 0.4) is 0 Å². The number of allylic oxidation sites excluding steroid dienone is 3. The summed E-state index contributed by atoms with van der Waals surface area (Å²) < 4.78 is 0. The summed E-state index contributed by atoms with van der Waals surface area (Å²) >= 11 is 0. The fourth-order valence-corrected chi connectivity index (χ4v) is 0.878. The molecule has 0 aliphatic rings. The minimum absolute atomic E-state index is 0.482. The Labute approximate surface area is 69.4 Å². The van der Waals surface area contributed by atoms with Crippen molar-refractivity contribution in [2.75, 3.05) is 0 Å². The molecule has 0 amide bonds. The van der Waals surface area contributed by atoms with Crippen molar-refractivity contribution in [3.05, 3.63) is 24.0 Å². The molecule has 0 fully saturated rings. The van der Waals surface area contributed by atoms with Gasteiger partial charge < -0.3 is 5.11 Å². The first-order valence-electron chi connectivity index (χ1n) is 4.11. The van der Waals surface area contributed by atoms with E-state index in [1.54, 1.807) is 0 Å². The molecule has 0 radical (unpaired) electrons. The first kappa shape index (κ1) is 10.3. The van der Waals surface area contributed by atoms with Crippen molar-refractivity contribution in [2.45, 2.75) is 33.6 Å². The molecule has 11 heavy (non-hydrogen) atoms. The van der Waals surface area contributed by atoms with Crippen LogP contribution in [0.2, 0.25) is 0 Å². The highest BCUT2D eigenvalue weighted by Crippen LogP contribution is 2.08. The van der Waals surface area contributed by atoms with Gasteiger partial charge >= 0.3 is 0 Å². The van der Waals surface area contributed by atoms with Gasteiger partial charge in [0.05, 0.1) is 6.26 Å². The van der Waals surface area contributed by atoms with E-state index < -0.39 is 0 Å². The second kappa shape index (κ2) is 6.02. The van der Waals surface area contributed by atoms with Gasteiger partial charge in [0.25, 0.3) is 0 Å². The fourth-order valence-electron chi connectivity index (χ4n) is 0.878. The molecule has 1 heteroatoms. The molecule has 0 heterocycles. The summed E-state index contributed by atoms with van der Waals surface area (Å²) in [7, 11) is 0. The molecule has 0 aliphatic heterocycles. The zero-order valence-electron chi connectivity index (χ0n) is 7.67. The van der Waals surface area contributed by atoms with Gasteiger partial charge in [-0.15, -0.1) is 0 Å². The van der Waals surface area contributed by atoms with Crippen LogP contribution >= 0.6 is 0 Å². The maximum absolute atomic E-state index is 8.45. The number of hydrogen-bond donors (Lipinski definition) is 1. The van der Waals surface area contributed by atoms with Gasteiger partial charge in [0.15, 0.2) is 0 Å². The smallest absolute Gasteiger partial charge is 0.0754 e. The van der Waals surface area contributed by atoms with Gasteiger partial charge in [0.2, 0.25) is 0 Å². The molecule has 64 valence electrons. The molecule has 0 unspecified atom stereocenters. The summed E-state index contributed by atoms with van der Waals surface area (Å²) in [6, 6.07) is 0. The molecule has 1 atom stereocenters. The SMILES string of the molecule is CC(C)=CCC[C@H](C)/C=C/O. The van der Waals surface area contributed by atoms with Crippen molar-refractivity contribution in [3.8, 4) is 0 Å². The highest BCUT2D eigenvalue weighted by molar-refractivity contribution is 4.93. The van der Waals surface area contributed by atoms with Crippen molar-refractivity contribution in [1.29, 1.82) is 0 Å². The van der Waals surface area contributed by atoms with Crippen LogP contribution < -0.4 is 0 Å². The molecule has 0 rings (SSSR count). The Morgan fingerprint density at radius 3 is 2.55 bits per heavy atom. The van der Waals surface area contributed by atoms with Gasteiger partial charge in [0.1, 0.15) is 0 Å². The Morgan fingerprint density at radius 1 is 1.45 bits per heavy atom. The van der Waals surface area contributed by atoms with E-state index >= 15 is 0 Å². The van der Waals surface area contributed by atoms with E-state index in [1.807, 2.05) is 6.08 Å². The van der Waals surface area contributed by atoms with E-state index in [1.165, 1.54) is 5.57 Å². The van der Waals surface area contributed by atoms with Gasteiger partial charge in [-0.25, -0.2) is 0 Å². The normalized spacial score (nSPS) is 13.4. The predicted molar refractivity (Wildman–Crippen MR) is 49.6 cm³/mol.